The summed E-state index contributed by atoms with van der Waals surface area (Å²) in [6.45, 7) is 11.4. The second-order valence-corrected chi connectivity index (χ2v) is 17.4. The second-order valence-electron chi connectivity index (χ2n) is 17.4. The van der Waals surface area contributed by atoms with E-state index in [1.807, 2.05) is 0 Å². The fourth-order valence-electron chi connectivity index (χ4n) is 10.8. The Hall–Kier alpha value is -0.610. The molecule has 47 heavy (non-hydrogen) atoms. The normalized spacial score (nSPS) is 27.3. The Kier molecular flexibility index (Phi) is 18.6. The van der Waals surface area contributed by atoms with E-state index >= 15 is 0 Å². The van der Waals surface area contributed by atoms with Crippen molar-refractivity contribution < 1.29 is 4.79 Å². The summed E-state index contributed by atoms with van der Waals surface area (Å²) in [6.07, 6.45) is 38.4. The molecular formula is C43H81N3O. The number of carbonyl (C=O) groups is 1. The van der Waals surface area contributed by atoms with Crippen LogP contribution in [0, 0.1) is 29.6 Å². The molecule has 0 aromatic rings. The van der Waals surface area contributed by atoms with Crippen LogP contribution in [0.2, 0.25) is 0 Å². The van der Waals surface area contributed by atoms with Crippen LogP contribution in [0.5, 0.6) is 0 Å². The molecular weight excluding hydrogens is 574 g/mol. The zero-order chi connectivity index (χ0) is 33.2. The molecule has 274 valence electrons. The van der Waals surface area contributed by atoms with Gasteiger partial charge in [0.1, 0.15) is 0 Å². The van der Waals surface area contributed by atoms with Crippen molar-refractivity contribution in [3.05, 3.63) is 0 Å². The molecule has 2 unspecified atom stereocenters. The molecule has 0 aromatic carbocycles. The Morgan fingerprint density at radius 1 is 0.638 bits per heavy atom. The minimum atomic E-state index is -0.00390. The van der Waals surface area contributed by atoms with E-state index < -0.39 is 0 Å². The number of nitrogens with one attached hydrogen (secondary N) is 2. The lowest BCUT2D eigenvalue weighted by Gasteiger charge is -2.57. The van der Waals surface area contributed by atoms with Crippen LogP contribution in [0.4, 0.5) is 0 Å². The molecule has 2 atom stereocenters. The molecule has 4 heteroatoms. The van der Waals surface area contributed by atoms with Crippen molar-refractivity contribution in [2.24, 2.45) is 29.6 Å². The Morgan fingerprint density at radius 3 is 1.49 bits per heavy atom. The number of carbonyl (C=O) groups excluding carboxylic acids is 1. The molecule has 0 aromatic heterocycles. The highest BCUT2D eigenvalue weighted by molar-refractivity contribution is 5.83. The molecule has 0 spiro atoms. The summed E-state index contributed by atoms with van der Waals surface area (Å²) in [7, 11) is 0. The van der Waals surface area contributed by atoms with Gasteiger partial charge in [0.15, 0.2) is 0 Å². The van der Waals surface area contributed by atoms with Crippen molar-refractivity contribution in [2.45, 2.75) is 212 Å². The lowest BCUT2D eigenvalue weighted by Crippen LogP contribution is -2.63. The quantitative estimate of drug-likeness (QED) is 0.0866. The van der Waals surface area contributed by atoms with E-state index in [0.29, 0.717) is 11.8 Å². The molecule has 0 radical (unpaired) electrons. The minimum Gasteiger partial charge on any atom is -0.349 e. The third-order valence-corrected chi connectivity index (χ3v) is 13.3. The number of nitrogens with zero attached hydrogens (tertiary/aromatic N) is 1. The molecule has 1 amide bonds. The van der Waals surface area contributed by atoms with Crippen LogP contribution in [0.1, 0.15) is 201 Å². The van der Waals surface area contributed by atoms with Gasteiger partial charge in [-0.05, 0) is 120 Å². The lowest BCUT2D eigenvalue weighted by molar-refractivity contribution is -0.130. The van der Waals surface area contributed by atoms with Crippen LogP contribution < -0.4 is 10.6 Å². The van der Waals surface area contributed by atoms with E-state index in [2.05, 4.69) is 36.3 Å². The lowest BCUT2D eigenvalue weighted by atomic mass is 9.53. The average molecular weight is 656 g/mol. The van der Waals surface area contributed by atoms with E-state index in [9.17, 15) is 4.79 Å². The molecule has 5 rings (SSSR count). The first-order valence-corrected chi connectivity index (χ1v) is 21.8. The Balaban J connectivity index is 1.28. The number of amides is 1. The third kappa shape index (κ3) is 13.9. The third-order valence-electron chi connectivity index (χ3n) is 13.3. The predicted molar refractivity (Wildman–Crippen MR) is 203 cm³/mol. The second kappa shape index (κ2) is 22.3. The van der Waals surface area contributed by atoms with Crippen molar-refractivity contribution >= 4 is 5.91 Å². The summed E-state index contributed by atoms with van der Waals surface area (Å²) in [5, 5.41) is 7.86. The zero-order valence-electron chi connectivity index (χ0n) is 31.9. The molecule has 5 fully saturated rings. The van der Waals surface area contributed by atoms with Gasteiger partial charge in [-0.3, -0.25) is 4.79 Å². The Labute approximate surface area is 293 Å². The average Bonchev–Trinajstić information content (AvgIpc) is 3.06. The topological polar surface area (TPSA) is 44.4 Å². The first-order chi connectivity index (χ1) is 23.0. The number of piperidine rings is 1. The van der Waals surface area contributed by atoms with Gasteiger partial charge in [-0.1, -0.05) is 136 Å². The Bertz CT molecular complexity index is 785. The van der Waals surface area contributed by atoms with Crippen molar-refractivity contribution in [1.82, 2.24) is 15.5 Å². The fourth-order valence-corrected chi connectivity index (χ4v) is 10.8. The molecule has 4 nitrogen and oxygen atoms in total. The van der Waals surface area contributed by atoms with Gasteiger partial charge in [0, 0.05) is 5.54 Å². The predicted octanol–water partition coefficient (Wildman–Crippen LogP) is 11.2. The van der Waals surface area contributed by atoms with Gasteiger partial charge in [-0.2, -0.15) is 0 Å². The van der Waals surface area contributed by atoms with E-state index in [0.717, 1.165) is 49.9 Å². The molecule has 5 aliphatic rings. The van der Waals surface area contributed by atoms with E-state index in [-0.39, 0.29) is 11.6 Å². The van der Waals surface area contributed by atoms with Gasteiger partial charge < -0.3 is 15.5 Å². The summed E-state index contributed by atoms with van der Waals surface area (Å²) in [4.78, 5) is 16.9. The van der Waals surface area contributed by atoms with Crippen LogP contribution in [-0.2, 0) is 4.79 Å². The van der Waals surface area contributed by atoms with Crippen molar-refractivity contribution in [3.63, 3.8) is 0 Å². The molecule has 2 N–H and O–H groups in total. The van der Waals surface area contributed by atoms with Gasteiger partial charge in [-0.25, -0.2) is 0 Å². The molecule has 4 saturated carbocycles. The van der Waals surface area contributed by atoms with Crippen molar-refractivity contribution in [2.75, 3.05) is 26.2 Å². The maximum absolute atomic E-state index is 14.4. The monoisotopic (exact) mass is 656 g/mol. The number of unbranched alkanes of at least 4 members (excludes halogenated alkanes) is 16. The Morgan fingerprint density at radius 2 is 1.06 bits per heavy atom. The molecule has 4 aliphatic carbocycles. The van der Waals surface area contributed by atoms with Crippen LogP contribution >= 0.6 is 0 Å². The van der Waals surface area contributed by atoms with Crippen molar-refractivity contribution in [3.8, 4) is 0 Å². The summed E-state index contributed by atoms with van der Waals surface area (Å²) < 4.78 is 0. The summed E-state index contributed by atoms with van der Waals surface area (Å²) in [6, 6.07) is -0.00390. The van der Waals surface area contributed by atoms with E-state index in [1.165, 1.54) is 180 Å². The SMILES string of the molecule is CCCCCCCCCCCCC(CCCCCCCCCC)CNC(C(=O)NC12CC3CC(CC(C3)C1)C2)C1CCN(CC)CC1. The first kappa shape index (κ1) is 39.2. The maximum Gasteiger partial charge on any atom is 0.237 e. The van der Waals surface area contributed by atoms with Gasteiger partial charge in [0.05, 0.1) is 6.04 Å². The zero-order valence-corrected chi connectivity index (χ0v) is 31.9. The standard InChI is InChI=1S/C43H81N3O/c1-4-7-9-11-13-15-16-18-20-22-24-36(23-21-19-17-14-12-10-8-5-2)35-44-41(40-25-27-46(6-3)28-26-40)42(47)45-43-32-37-29-38(33-43)31-39(30-37)34-43/h36-41,44H,4-35H2,1-3H3,(H,45,47). The summed E-state index contributed by atoms with van der Waals surface area (Å²) >= 11 is 0. The van der Waals surface area contributed by atoms with Crippen LogP contribution in [0.25, 0.3) is 0 Å². The smallest absolute Gasteiger partial charge is 0.237 e. The van der Waals surface area contributed by atoms with E-state index in [4.69, 9.17) is 0 Å². The number of hydrogen-bond donors (Lipinski definition) is 2. The van der Waals surface area contributed by atoms with Gasteiger partial charge in [-0.15, -0.1) is 0 Å². The molecule has 1 saturated heterocycles. The van der Waals surface area contributed by atoms with Crippen LogP contribution in [-0.4, -0.2) is 48.6 Å². The first-order valence-electron chi connectivity index (χ1n) is 21.8. The number of likely N-dealkylation sites (tertiary alicyclic amines) is 1. The van der Waals surface area contributed by atoms with Gasteiger partial charge in [0.25, 0.3) is 0 Å². The van der Waals surface area contributed by atoms with Gasteiger partial charge >= 0.3 is 0 Å². The summed E-state index contributed by atoms with van der Waals surface area (Å²) in [5.41, 5.74) is 0.114. The number of hydrogen-bond acceptors (Lipinski definition) is 3. The maximum atomic E-state index is 14.4. The highest BCUT2D eigenvalue weighted by Gasteiger charge is 2.52. The fraction of sp³-hybridized carbons (Fsp3) is 0.977. The van der Waals surface area contributed by atoms with Gasteiger partial charge in [0.2, 0.25) is 5.91 Å². The largest absolute Gasteiger partial charge is 0.349 e. The molecule has 4 bridgehead atoms. The molecule has 1 aliphatic heterocycles. The van der Waals surface area contributed by atoms with Crippen LogP contribution in [0.15, 0.2) is 0 Å². The van der Waals surface area contributed by atoms with E-state index in [1.54, 1.807) is 0 Å². The number of rotatable bonds is 27. The summed E-state index contributed by atoms with van der Waals surface area (Å²) in [5.74, 6) is 4.18. The molecule has 1 heterocycles. The minimum absolute atomic E-state index is 0.00390. The van der Waals surface area contributed by atoms with Crippen molar-refractivity contribution in [1.29, 1.82) is 0 Å². The van der Waals surface area contributed by atoms with Crippen LogP contribution in [0.3, 0.4) is 0 Å². The highest BCUT2D eigenvalue weighted by Crippen LogP contribution is 2.55. The highest BCUT2D eigenvalue weighted by atomic mass is 16.2.